The zero-order chi connectivity index (χ0) is 21.1. The summed E-state index contributed by atoms with van der Waals surface area (Å²) >= 11 is 5.75. The Morgan fingerprint density at radius 1 is 1.34 bits per heavy atom. The van der Waals surface area contributed by atoms with Crippen LogP contribution >= 0.6 is 11.6 Å². The van der Waals surface area contributed by atoms with Crippen molar-refractivity contribution < 1.29 is 19.4 Å². The van der Waals surface area contributed by atoms with Gasteiger partial charge in [0, 0.05) is 16.8 Å². The number of nitrogens with zero attached hydrogens (tertiary/aromatic N) is 2. The molecule has 152 valence electrons. The average molecular weight is 416 g/mol. The number of anilines is 1. The van der Waals surface area contributed by atoms with Gasteiger partial charge in [0.25, 0.3) is 5.91 Å². The monoisotopic (exact) mass is 415 g/mol. The van der Waals surface area contributed by atoms with E-state index < -0.39 is 18.5 Å². The Hall–Kier alpha value is -2.98. The molecular weight excluding hydrogens is 394 g/mol. The van der Waals surface area contributed by atoms with E-state index in [2.05, 4.69) is 11.4 Å². The number of benzene rings is 1. The van der Waals surface area contributed by atoms with Crippen molar-refractivity contribution in [3.05, 3.63) is 45.6 Å². The average Bonchev–Trinajstić information content (AvgIpc) is 3.27. The summed E-state index contributed by atoms with van der Waals surface area (Å²) in [4.78, 5) is 24.6. The number of carbonyl (C=O) groups excluding carboxylic acids is 2. The smallest absolute Gasteiger partial charge is 0.342 e. The van der Waals surface area contributed by atoms with Gasteiger partial charge < -0.3 is 19.7 Å². The van der Waals surface area contributed by atoms with Gasteiger partial charge in [-0.1, -0.05) is 24.4 Å². The molecule has 8 heteroatoms. The van der Waals surface area contributed by atoms with Crippen molar-refractivity contribution in [3.8, 4) is 11.8 Å². The number of phenolic OH excluding ortho intramolecular Hbond substituents is 1. The second-order valence-corrected chi connectivity index (χ2v) is 7.58. The zero-order valence-electron chi connectivity index (χ0n) is 16.3. The van der Waals surface area contributed by atoms with E-state index in [4.69, 9.17) is 16.3 Å². The molecule has 1 aliphatic rings. The summed E-state index contributed by atoms with van der Waals surface area (Å²) in [5.41, 5.74) is 2.12. The van der Waals surface area contributed by atoms with Gasteiger partial charge in [0.2, 0.25) is 0 Å². The summed E-state index contributed by atoms with van der Waals surface area (Å²) in [6, 6.07) is 6.39. The van der Waals surface area contributed by atoms with Crippen molar-refractivity contribution in [2.45, 2.75) is 45.6 Å². The molecule has 0 saturated heterocycles. The Kier molecular flexibility index (Phi) is 6.14. The molecule has 0 radical (unpaired) electrons. The number of ether oxygens (including phenoxy) is 1. The van der Waals surface area contributed by atoms with E-state index in [1.54, 1.807) is 0 Å². The van der Waals surface area contributed by atoms with Crippen LogP contribution in [-0.4, -0.2) is 28.2 Å². The van der Waals surface area contributed by atoms with Gasteiger partial charge in [-0.15, -0.1) is 0 Å². The van der Waals surface area contributed by atoms with E-state index in [0.29, 0.717) is 11.4 Å². The fourth-order valence-corrected chi connectivity index (χ4v) is 3.93. The van der Waals surface area contributed by atoms with E-state index in [9.17, 15) is 20.0 Å². The minimum absolute atomic E-state index is 0.0825. The number of aromatic nitrogens is 1. The van der Waals surface area contributed by atoms with Gasteiger partial charge in [0.15, 0.2) is 6.61 Å². The van der Waals surface area contributed by atoms with E-state index in [-0.39, 0.29) is 22.4 Å². The molecule has 29 heavy (non-hydrogen) atoms. The van der Waals surface area contributed by atoms with Crippen LogP contribution in [0.5, 0.6) is 5.75 Å². The van der Waals surface area contributed by atoms with Gasteiger partial charge in [-0.3, -0.25) is 4.79 Å². The van der Waals surface area contributed by atoms with Crippen molar-refractivity contribution >= 4 is 29.3 Å². The number of esters is 1. The maximum absolute atomic E-state index is 12.4. The van der Waals surface area contributed by atoms with Gasteiger partial charge in [-0.2, -0.15) is 5.26 Å². The van der Waals surface area contributed by atoms with Crippen LogP contribution < -0.4 is 5.32 Å². The first-order valence-corrected chi connectivity index (χ1v) is 9.78. The number of phenols is 1. The Balaban J connectivity index is 1.74. The molecule has 1 aromatic carbocycles. The molecule has 1 heterocycles. The number of hydrogen-bond donors (Lipinski definition) is 2. The number of carbonyl (C=O) groups is 2. The third-order valence-electron chi connectivity index (χ3n) is 5.33. The van der Waals surface area contributed by atoms with Crippen LogP contribution in [0.2, 0.25) is 5.02 Å². The van der Waals surface area contributed by atoms with Gasteiger partial charge in [0.05, 0.1) is 5.56 Å². The normalized spacial score (nSPS) is 13.9. The molecule has 0 bridgehead atoms. The number of nitriles is 1. The highest BCUT2D eigenvalue weighted by atomic mass is 35.5. The molecule has 0 spiro atoms. The number of hydrogen-bond acceptors (Lipinski definition) is 5. The molecule has 2 aromatic rings. The van der Waals surface area contributed by atoms with Crippen molar-refractivity contribution in [2.24, 2.45) is 0 Å². The summed E-state index contributed by atoms with van der Waals surface area (Å²) in [6.07, 6.45) is 4.21. The number of halogens is 1. The van der Waals surface area contributed by atoms with Gasteiger partial charge in [-0.05, 0) is 50.5 Å². The number of nitrogens with one attached hydrogen (secondary N) is 1. The number of amides is 1. The minimum Gasteiger partial charge on any atom is -0.507 e. The van der Waals surface area contributed by atoms with Crippen molar-refractivity contribution in [3.63, 3.8) is 0 Å². The lowest BCUT2D eigenvalue weighted by atomic mass is 10.2. The largest absolute Gasteiger partial charge is 0.507 e. The number of aromatic hydroxyl groups is 1. The fourth-order valence-electron chi connectivity index (χ4n) is 3.76. The van der Waals surface area contributed by atoms with E-state index >= 15 is 0 Å². The molecular formula is C21H22ClN3O4. The lowest BCUT2D eigenvalue weighted by Crippen LogP contribution is -2.24. The summed E-state index contributed by atoms with van der Waals surface area (Å²) in [5.74, 6) is -1.27. The zero-order valence-corrected chi connectivity index (χ0v) is 17.0. The maximum atomic E-state index is 12.4. The highest BCUT2D eigenvalue weighted by Gasteiger charge is 2.27. The highest BCUT2D eigenvalue weighted by molar-refractivity contribution is 6.30. The minimum atomic E-state index is -0.839. The molecule has 0 unspecified atom stereocenters. The first kappa shape index (κ1) is 20.7. The Morgan fingerprint density at radius 2 is 2.03 bits per heavy atom. The molecule has 2 N–H and O–H groups in total. The molecule has 1 aliphatic carbocycles. The lowest BCUT2D eigenvalue weighted by Gasteiger charge is -2.19. The summed E-state index contributed by atoms with van der Waals surface area (Å²) < 4.78 is 7.03. The van der Waals surface area contributed by atoms with Gasteiger partial charge in [0.1, 0.15) is 23.2 Å². The van der Waals surface area contributed by atoms with Crippen molar-refractivity contribution in [2.75, 3.05) is 11.9 Å². The predicted octanol–water partition coefficient (Wildman–Crippen LogP) is 4.25. The van der Waals surface area contributed by atoms with Crippen LogP contribution in [0.4, 0.5) is 5.82 Å². The molecule has 1 aromatic heterocycles. The molecule has 1 saturated carbocycles. The number of rotatable bonds is 5. The molecule has 7 nitrogen and oxygen atoms in total. The van der Waals surface area contributed by atoms with Gasteiger partial charge in [-0.25, -0.2) is 4.79 Å². The van der Waals surface area contributed by atoms with Crippen LogP contribution in [0, 0.1) is 25.2 Å². The van der Waals surface area contributed by atoms with E-state index in [1.807, 2.05) is 18.4 Å². The third-order valence-corrected chi connectivity index (χ3v) is 5.57. The van der Waals surface area contributed by atoms with Crippen LogP contribution in [0.15, 0.2) is 18.2 Å². The lowest BCUT2D eigenvalue weighted by molar-refractivity contribution is -0.119. The molecule has 0 aliphatic heterocycles. The molecule has 0 atom stereocenters. The fraction of sp³-hybridized carbons (Fsp3) is 0.381. The summed E-state index contributed by atoms with van der Waals surface area (Å²) in [5, 5.41) is 22.4. The Bertz CT molecular complexity index is 1000. The Labute approximate surface area is 173 Å². The first-order chi connectivity index (χ1) is 13.8. The first-order valence-electron chi connectivity index (χ1n) is 9.40. The molecule has 1 fully saturated rings. The Morgan fingerprint density at radius 3 is 2.66 bits per heavy atom. The van der Waals surface area contributed by atoms with Crippen molar-refractivity contribution in [1.82, 2.24) is 4.57 Å². The van der Waals surface area contributed by atoms with Crippen LogP contribution in [0.3, 0.4) is 0 Å². The standard InChI is InChI=1S/C21H22ClN3O4/c1-12-13(2)25(15-5-3-4-6-15)20(17(12)10-23)24-19(27)11-29-21(28)16-8-7-14(22)9-18(16)26/h7-9,15,26H,3-6,11H2,1-2H3,(H,24,27). The van der Waals surface area contributed by atoms with Crippen LogP contribution in [-0.2, 0) is 9.53 Å². The quantitative estimate of drug-likeness (QED) is 0.710. The van der Waals surface area contributed by atoms with Gasteiger partial charge >= 0.3 is 5.97 Å². The molecule has 3 rings (SSSR count). The topological polar surface area (TPSA) is 104 Å². The second-order valence-electron chi connectivity index (χ2n) is 7.14. The third kappa shape index (κ3) is 4.22. The summed E-state index contributed by atoms with van der Waals surface area (Å²) in [6.45, 7) is 3.26. The van der Waals surface area contributed by atoms with Crippen LogP contribution in [0.25, 0.3) is 0 Å². The van der Waals surface area contributed by atoms with E-state index in [1.165, 1.54) is 18.2 Å². The van der Waals surface area contributed by atoms with Crippen molar-refractivity contribution in [1.29, 1.82) is 5.26 Å². The highest BCUT2D eigenvalue weighted by Crippen LogP contribution is 2.37. The SMILES string of the molecule is Cc1c(C#N)c(NC(=O)COC(=O)c2ccc(Cl)cc2O)n(C2CCCC2)c1C. The predicted molar refractivity (Wildman–Crippen MR) is 108 cm³/mol. The molecule has 1 amide bonds. The van der Waals surface area contributed by atoms with Crippen LogP contribution in [0.1, 0.15) is 58.9 Å². The van der Waals surface area contributed by atoms with E-state index in [0.717, 1.165) is 36.9 Å². The maximum Gasteiger partial charge on any atom is 0.342 e. The summed E-state index contributed by atoms with van der Waals surface area (Å²) in [7, 11) is 0. The second kappa shape index (κ2) is 8.58.